The van der Waals surface area contributed by atoms with Gasteiger partial charge in [-0.25, -0.2) is 4.79 Å². The average Bonchev–Trinajstić information content (AvgIpc) is 2.39. The molecule has 0 saturated carbocycles. The maximum absolute atomic E-state index is 11.9. The number of carbonyl (C=O) groups is 2. The Morgan fingerprint density at radius 3 is 2.65 bits per heavy atom. The van der Waals surface area contributed by atoms with E-state index in [1.165, 1.54) is 6.08 Å². The molecule has 0 aliphatic carbocycles. The van der Waals surface area contributed by atoms with Gasteiger partial charge >= 0.3 is 5.97 Å². The van der Waals surface area contributed by atoms with E-state index in [4.69, 9.17) is 9.47 Å². The van der Waals surface area contributed by atoms with Gasteiger partial charge in [-0.3, -0.25) is 4.79 Å². The van der Waals surface area contributed by atoms with Crippen LogP contribution < -0.4 is 10.1 Å². The van der Waals surface area contributed by atoms with Crippen molar-refractivity contribution in [2.24, 2.45) is 0 Å². The Bertz CT molecular complexity index is 508. The monoisotopic (exact) mass is 277 g/mol. The van der Waals surface area contributed by atoms with Gasteiger partial charge in [0.25, 0.3) is 0 Å². The lowest BCUT2D eigenvalue weighted by Gasteiger charge is -2.09. The Labute approximate surface area is 118 Å². The third-order valence-electron chi connectivity index (χ3n) is 2.50. The van der Waals surface area contributed by atoms with Crippen molar-refractivity contribution in [2.45, 2.75) is 20.3 Å². The largest absolute Gasteiger partial charge is 0.496 e. The zero-order chi connectivity index (χ0) is 15.0. The standard InChI is InChI=1S/C15H19NO4/c1-4-20-15(18)9-11(2)16-14(17)10-12-7-5-6-8-13(12)19-3/h5-9H,4,10H2,1-3H3,(H,16,17). The molecule has 0 aromatic heterocycles. The molecule has 0 aliphatic rings. The number of methoxy groups -OCH3 is 1. The molecule has 0 fully saturated rings. The molecule has 0 bridgehead atoms. The summed E-state index contributed by atoms with van der Waals surface area (Å²) in [4.78, 5) is 23.1. The summed E-state index contributed by atoms with van der Waals surface area (Å²) in [6.45, 7) is 3.66. The van der Waals surface area contributed by atoms with E-state index in [2.05, 4.69) is 5.32 Å². The second-order valence-corrected chi connectivity index (χ2v) is 4.12. The summed E-state index contributed by atoms with van der Waals surface area (Å²) in [7, 11) is 1.56. The number of esters is 1. The number of amides is 1. The molecular formula is C15H19NO4. The molecular weight excluding hydrogens is 258 g/mol. The van der Waals surface area contributed by atoms with Gasteiger partial charge in [-0.2, -0.15) is 0 Å². The molecule has 0 saturated heterocycles. The van der Waals surface area contributed by atoms with Gasteiger partial charge in [-0.05, 0) is 19.9 Å². The molecule has 5 heteroatoms. The van der Waals surface area contributed by atoms with Crippen LogP contribution in [0.5, 0.6) is 5.75 Å². The Morgan fingerprint density at radius 2 is 2.00 bits per heavy atom. The fraction of sp³-hybridized carbons (Fsp3) is 0.333. The van der Waals surface area contributed by atoms with Gasteiger partial charge in [0.1, 0.15) is 5.75 Å². The third-order valence-corrected chi connectivity index (χ3v) is 2.50. The first-order valence-electron chi connectivity index (χ1n) is 6.33. The molecule has 0 aliphatic heterocycles. The van der Waals surface area contributed by atoms with Crippen molar-refractivity contribution in [1.82, 2.24) is 5.32 Å². The Morgan fingerprint density at radius 1 is 1.30 bits per heavy atom. The minimum absolute atomic E-state index is 0.179. The van der Waals surface area contributed by atoms with E-state index >= 15 is 0 Å². The molecule has 0 heterocycles. The summed E-state index contributed by atoms with van der Waals surface area (Å²) < 4.78 is 9.94. The normalized spacial score (nSPS) is 10.8. The van der Waals surface area contributed by atoms with Crippen LogP contribution in [0.25, 0.3) is 0 Å². The molecule has 1 amide bonds. The molecule has 1 aromatic rings. The van der Waals surface area contributed by atoms with Gasteiger partial charge in [0.15, 0.2) is 0 Å². The minimum Gasteiger partial charge on any atom is -0.496 e. The highest BCUT2D eigenvalue weighted by molar-refractivity contribution is 5.85. The average molecular weight is 277 g/mol. The Kier molecular flexibility index (Phi) is 6.29. The summed E-state index contributed by atoms with van der Waals surface area (Å²) in [6, 6.07) is 7.30. The molecule has 0 spiro atoms. The number of benzene rings is 1. The molecule has 5 nitrogen and oxygen atoms in total. The van der Waals surface area contributed by atoms with Gasteiger partial charge in [0, 0.05) is 17.3 Å². The molecule has 0 atom stereocenters. The van der Waals surface area contributed by atoms with Crippen LogP contribution in [0.1, 0.15) is 19.4 Å². The highest BCUT2D eigenvalue weighted by atomic mass is 16.5. The Balaban J connectivity index is 2.61. The number of ether oxygens (including phenoxy) is 2. The van der Waals surface area contributed by atoms with Crippen LogP contribution in [0.4, 0.5) is 0 Å². The lowest BCUT2D eigenvalue weighted by Crippen LogP contribution is -2.24. The van der Waals surface area contributed by atoms with Gasteiger partial charge in [0.2, 0.25) is 5.91 Å². The van der Waals surface area contributed by atoms with Crippen molar-refractivity contribution >= 4 is 11.9 Å². The zero-order valence-corrected chi connectivity index (χ0v) is 11.9. The molecule has 1 aromatic carbocycles. The van der Waals surface area contributed by atoms with E-state index in [-0.39, 0.29) is 12.3 Å². The topological polar surface area (TPSA) is 64.6 Å². The predicted octanol–water partition coefficient (Wildman–Crippen LogP) is 1.82. The molecule has 1 rings (SSSR count). The second kappa shape index (κ2) is 7.99. The lowest BCUT2D eigenvalue weighted by atomic mass is 10.1. The fourth-order valence-electron chi connectivity index (χ4n) is 1.68. The van der Waals surface area contributed by atoms with Crippen LogP contribution in [0.2, 0.25) is 0 Å². The predicted molar refractivity (Wildman–Crippen MR) is 75.2 cm³/mol. The maximum Gasteiger partial charge on any atom is 0.332 e. The van der Waals surface area contributed by atoms with Crippen molar-refractivity contribution in [2.75, 3.05) is 13.7 Å². The van der Waals surface area contributed by atoms with Crippen LogP contribution in [0.3, 0.4) is 0 Å². The lowest BCUT2D eigenvalue weighted by molar-refractivity contribution is -0.137. The summed E-state index contributed by atoms with van der Waals surface area (Å²) >= 11 is 0. The number of para-hydroxylation sites is 1. The van der Waals surface area contributed by atoms with E-state index in [0.29, 0.717) is 18.1 Å². The van der Waals surface area contributed by atoms with Crippen molar-refractivity contribution in [3.63, 3.8) is 0 Å². The summed E-state index contributed by atoms with van der Waals surface area (Å²) in [5.74, 6) is -0.0233. The van der Waals surface area contributed by atoms with Crippen LogP contribution >= 0.6 is 0 Å². The second-order valence-electron chi connectivity index (χ2n) is 4.12. The molecule has 0 radical (unpaired) electrons. The van der Waals surface area contributed by atoms with E-state index in [9.17, 15) is 9.59 Å². The van der Waals surface area contributed by atoms with Crippen LogP contribution in [-0.4, -0.2) is 25.6 Å². The first-order valence-corrected chi connectivity index (χ1v) is 6.33. The quantitative estimate of drug-likeness (QED) is 0.636. The van der Waals surface area contributed by atoms with Crippen molar-refractivity contribution in [1.29, 1.82) is 0 Å². The smallest absolute Gasteiger partial charge is 0.332 e. The number of carbonyl (C=O) groups excluding carboxylic acids is 2. The molecule has 0 unspecified atom stereocenters. The van der Waals surface area contributed by atoms with Gasteiger partial charge in [0.05, 0.1) is 20.1 Å². The van der Waals surface area contributed by atoms with Crippen molar-refractivity contribution in [3.8, 4) is 5.75 Å². The zero-order valence-electron chi connectivity index (χ0n) is 11.9. The summed E-state index contributed by atoms with van der Waals surface area (Å²) in [5.41, 5.74) is 1.24. The highest BCUT2D eigenvalue weighted by Crippen LogP contribution is 2.17. The molecule has 1 N–H and O–H groups in total. The van der Waals surface area contributed by atoms with Gasteiger partial charge in [-0.1, -0.05) is 18.2 Å². The number of rotatable bonds is 6. The van der Waals surface area contributed by atoms with Gasteiger partial charge in [-0.15, -0.1) is 0 Å². The Hall–Kier alpha value is -2.30. The summed E-state index contributed by atoms with van der Waals surface area (Å²) in [6.07, 6.45) is 1.43. The minimum atomic E-state index is -0.470. The van der Waals surface area contributed by atoms with E-state index < -0.39 is 5.97 Å². The van der Waals surface area contributed by atoms with E-state index in [0.717, 1.165) is 5.56 Å². The summed E-state index contributed by atoms with van der Waals surface area (Å²) in [5, 5.41) is 2.63. The van der Waals surface area contributed by atoms with E-state index in [1.54, 1.807) is 27.0 Å². The molecule has 108 valence electrons. The van der Waals surface area contributed by atoms with Crippen molar-refractivity contribution in [3.05, 3.63) is 41.6 Å². The third kappa shape index (κ3) is 5.14. The van der Waals surface area contributed by atoms with Crippen molar-refractivity contribution < 1.29 is 19.1 Å². The van der Waals surface area contributed by atoms with Crippen LogP contribution in [-0.2, 0) is 20.7 Å². The fourth-order valence-corrected chi connectivity index (χ4v) is 1.68. The number of nitrogens with one attached hydrogen (secondary N) is 1. The first kappa shape index (κ1) is 15.8. The SMILES string of the molecule is CCOC(=O)C=C(C)NC(=O)Cc1ccccc1OC. The first-order chi connectivity index (χ1) is 9.56. The molecule has 20 heavy (non-hydrogen) atoms. The number of hydrogen-bond donors (Lipinski definition) is 1. The van der Waals surface area contributed by atoms with E-state index in [1.807, 2.05) is 18.2 Å². The maximum atomic E-state index is 11.9. The number of allylic oxidation sites excluding steroid dienone is 1. The van der Waals surface area contributed by atoms with Gasteiger partial charge < -0.3 is 14.8 Å². The van der Waals surface area contributed by atoms with Crippen LogP contribution in [0, 0.1) is 0 Å². The van der Waals surface area contributed by atoms with Crippen LogP contribution in [0.15, 0.2) is 36.0 Å². The highest BCUT2D eigenvalue weighted by Gasteiger charge is 2.09. The number of hydrogen-bond acceptors (Lipinski definition) is 4.